The van der Waals surface area contributed by atoms with Crippen molar-refractivity contribution in [3.8, 4) is 0 Å². The van der Waals surface area contributed by atoms with Crippen molar-refractivity contribution >= 4 is 5.91 Å². The zero-order chi connectivity index (χ0) is 12.7. The molecule has 0 atom stereocenters. The van der Waals surface area contributed by atoms with Gasteiger partial charge in [-0.05, 0) is 50.7 Å². The normalized spacial score (nSPS) is 18.6. The third-order valence-corrected chi connectivity index (χ3v) is 3.50. The highest BCUT2D eigenvalue weighted by molar-refractivity contribution is 5.77. The molecular formula is C13H27N3O. The van der Waals surface area contributed by atoms with Crippen LogP contribution in [0.25, 0.3) is 0 Å². The van der Waals surface area contributed by atoms with Crippen molar-refractivity contribution in [2.75, 3.05) is 32.7 Å². The predicted octanol–water partition coefficient (Wildman–Crippen LogP) is 0.819. The van der Waals surface area contributed by atoms with E-state index in [9.17, 15) is 4.79 Å². The first-order chi connectivity index (χ1) is 8.11. The lowest BCUT2D eigenvalue weighted by Crippen LogP contribution is -2.40. The van der Waals surface area contributed by atoms with E-state index in [1.165, 1.54) is 38.9 Å². The summed E-state index contributed by atoms with van der Waals surface area (Å²) in [5.41, 5.74) is 5.26. The van der Waals surface area contributed by atoms with Crippen LogP contribution in [0.1, 0.15) is 33.1 Å². The first kappa shape index (κ1) is 14.5. The van der Waals surface area contributed by atoms with Crippen molar-refractivity contribution < 1.29 is 4.79 Å². The number of rotatable bonds is 6. The minimum atomic E-state index is -0.0350. The van der Waals surface area contributed by atoms with E-state index in [1.54, 1.807) is 0 Å². The van der Waals surface area contributed by atoms with Crippen LogP contribution in [0.4, 0.5) is 0 Å². The van der Waals surface area contributed by atoms with Gasteiger partial charge in [0.2, 0.25) is 5.91 Å². The van der Waals surface area contributed by atoms with E-state index in [0.29, 0.717) is 5.92 Å². The maximum atomic E-state index is 11.0. The van der Waals surface area contributed by atoms with Crippen LogP contribution in [-0.4, -0.2) is 43.5 Å². The molecule has 1 fully saturated rings. The van der Waals surface area contributed by atoms with E-state index < -0.39 is 0 Å². The Bertz CT molecular complexity index is 223. The lowest BCUT2D eigenvalue weighted by atomic mass is 9.96. The molecule has 0 spiro atoms. The Kier molecular flexibility index (Phi) is 6.52. The van der Waals surface area contributed by atoms with Crippen molar-refractivity contribution in [1.82, 2.24) is 10.2 Å². The molecule has 0 aromatic carbocycles. The number of amides is 1. The maximum Gasteiger partial charge on any atom is 0.233 e. The van der Waals surface area contributed by atoms with Crippen molar-refractivity contribution in [3.05, 3.63) is 0 Å². The van der Waals surface area contributed by atoms with Crippen LogP contribution < -0.4 is 11.1 Å². The fourth-order valence-electron chi connectivity index (χ4n) is 2.19. The lowest BCUT2D eigenvalue weighted by molar-refractivity contribution is -0.120. The molecule has 1 saturated heterocycles. The van der Waals surface area contributed by atoms with Gasteiger partial charge < -0.3 is 16.0 Å². The van der Waals surface area contributed by atoms with Gasteiger partial charge in [-0.15, -0.1) is 0 Å². The number of piperidine rings is 1. The lowest BCUT2D eigenvalue weighted by Gasteiger charge is -2.32. The van der Waals surface area contributed by atoms with Crippen molar-refractivity contribution in [2.24, 2.45) is 17.6 Å². The number of nitrogens with zero attached hydrogens (tertiary/aromatic N) is 1. The summed E-state index contributed by atoms with van der Waals surface area (Å²) in [4.78, 5) is 13.6. The Morgan fingerprint density at radius 3 is 2.59 bits per heavy atom. The van der Waals surface area contributed by atoms with E-state index in [-0.39, 0.29) is 12.5 Å². The highest BCUT2D eigenvalue weighted by atomic mass is 16.1. The summed E-state index contributed by atoms with van der Waals surface area (Å²) in [6.45, 7) is 9.02. The fourth-order valence-corrected chi connectivity index (χ4v) is 2.19. The van der Waals surface area contributed by atoms with E-state index in [0.717, 1.165) is 12.5 Å². The Morgan fingerprint density at radius 2 is 2.06 bits per heavy atom. The summed E-state index contributed by atoms with van der Waals surface area (Å²) in [6, 6.07) is 0. The minimum absolute atomic E-state index is 0.0350. The van der Waals surface area contributed by atoms with Crippen LogP contribution in [0.15, 0.2) is 0 Å². The first-order valence-electron chi connectivity index (χ1n) is 6.81. The second-order valence-electron chi connectivity index (χ2n) is 5.48. The maximum absolute atomic E-state index is 11.0. The van der Waals surface area contributed by atoms with E-state index in [4.69, 9.17) is 5.73 Å². The number of nitrogens with one attached hydrogen (secondary N) is 1. The Morgan fingerprint density at radius 1 is 1.41 bits per heavy atom. The zero-order valence-electron chi connectivity index (χ0n) is 11.2. The largest absolute Gasteiger partial charge is 0.355 e. The Labute approximate surface area is 105 Å². The molecule has 1 rings (SSSR count). The molecule has 1 heterocycles. The molecule has 1 aliphatic rings. The molecule has 0 aromatic heterocycles. The number of hydrogen-bond acceptors (Lipinski definition) is 3. The van der Waals surface area contributed by atoms with Crippen molar-refractivity contribution in [2.45, 2.75) is 33.1 Å². The second-order valence-corrected chi connectivity index (χ2v) is 5.48. The molecule has 0 aromatic rings. The number of hydrogen-bond donors (Lipinski definition) is 2. The molecule has 17 heavy (non-hydrogen) atoms. The SMILES string of the molecule is CC(C)CCN1CCC(CNC(=O)CN)CC1. The molecule has 0 radical (unpaired) electrons. The summed E-state index contributed by atoms with van der Waals surface area (Å²) in [6.07, 6.45) is 3.68. The van der Waals surface area contributed by atoms with Gasteiger partial charge in [0.25, 0.3) is 0 Å². The van der Waals surface area contributed by atoms with E-state index in [1.807, 2.05) is 0 Å². The van der Waals surface area contributed by atoms with Crippen molar-refractivity contribution in [3.63, 3.8) is 0 Å². The van der Waals surface area contributed by atoms with Crippen LogP contribution in [0, 0.1) is 11.8 Å². The van der Waals surface area contributed by atoms with Gasteiger partial charge in [-0.2, -0.15) is 0 Å². The Balaban J connectivity index is 2.11. The average Bonchev–Trinajstić information content (AvgIpc) is 2.34. The number of nitrogens with two attached hydrogens (primary N) is 1. The molecule has 0 aliphatic carbocycles. The van der Waals surface area contributed by atoms with Gasteiger partial charge in [0.1, 0.15) is 0 Å². The predicted molar refractivity (Wildman–Crippen MR) is 70.7 cm³/mol. The number of carbonyl (C=O) groups excluding carboxylic acids is 1. The molecule has 0 unspecified atom stereocenters. The molecule has 0 bridgehead atoms. The molecular weight excluding hydrogens is 214 g/mol. The second kappa shape index (κ2) is 7.67. The molecule has 3 N–H and O–H groups in total. The number of carbonyl (C=O) groups is 1. The first-order valence-corrected chi connectivity index (χ1v) is 6.81. The van der Waals surface area contributed by atoms with Gasteiger partial charge in [0, 0.05) is 6.54 Å². The molecule has 1 amide bonds. The van der Waals surface area contributed by atoms with Crippen LogP contribution in [0.2, 0.25) is 0 Å². The monoisotopic (exact) mass is 241 g/mol. The van der Waals surface area contributed by atoms with Crippen LogP contribution in [0.3, 0.4) is 0 Å². The van der Waals surface area contributed by atoms with Gasteiger partial charge in [-0.1, -0.05) is 13.8 Å². The molecule has 4 nitrogen and oxygen atoms in total. The standard InChI is InChI=1S/C13H27N3O/c1-11(2)3-6-16-7-4-12(5-8-16)10-15-13(17)9-14/h11-12H,3-10,14H2,1-2H3,(H,15,17). The number of likely N-dealkylation sites (tertiary alicyclic amines) is 1. The molecule has 1 aliphatic heterocycles. The smallest absolute Gasteiger partial charge is 0.233 e. The summed E-state index contributed by atoms with van der Waals surface area (Å²) < 4.78 is 0. The van der Waals surface area contributed by atoms with Crippen LogP contribution >= 0.6 is 0 Å². The van der Waals surface area contributed by atoms with E-state index in [2.05, 4.69) is 24.1 Å². The summed E-state index contributed by atoms with van der Waals surface area (Å²) in [5, 5.41) is 2.88. The average molecular weight is 241 g/mol. The molecule has 4 heteroatoms. The highest BCUT2D eigenvalue weighted by Gasteiger charge is 2.19. The summed E-state index contributed by atoms with van der Waals surface area (Å²) in [7, 11) is 0. The minimum Gasteiger partial charge on any atom is -0.355 e. The van der Waals surface area contributed by atoms with Crippen LogP contribution in [0.5, 0.6) is 0 Å². The highest BCUT2D eigenvalue weighted by Crippen LogP contribution is 2.17. The summed E-state index contributed by atoms with van der Waals surface area (Å²) in [5.74, 6) is 1.39. The summed E-state index contributed by atoms with van der Waals surface area (Å²) >= 11 is 0. The quantitative estimate of drug-likeness (QED) is 0.724. The van der Waals surface area contributed by atoms with Gasteiger partial charge in [0.05, 0.1) is 6.54 Å². The van der Waals surface area contributed by atoms with Crippen molar-refractivity contribution in [1.29, 1.82) is 0 Å². The zero-order valence-corrected chi connectivity index (χ0v) is 11.2. The Hall–Kier alpha value is -0.610. The molecule has 100 valence electrons. The van der Waals surface area contributed by atoms with Gasteiger partial charge in [-0.3, -0.25) is 4.79 Å². The van der Waals surface area contributed by atoms with Gasteiger partial charge in [0.15, 0.2) is 0 Å². The third kappa shape index (κ3) is 6.03. The van der Waals surface area contributed by atoms with Gasteiger partial charge in [-0.25, -0.2) is 0 Å². The van der Waals surface area contributed by atoms with Gasteiger partial charge >= 0.3 is 0 Å². The third-order valence-electron chi connectivity index (χ3n) is 3.50. The fraction of sp³-hybridized carbons (Fsp3) is 0.923. The topological polar surface area (TPSA) is 58.4 Å². The van der Waals surface area contributed by atoms with E-state index >= 15 is 0 Å². The van der Waals surface area contributed by atoms with Crippen LogP contribution in [-0.2, 0) is 4.79 Å². The molecule has 0 saturated carbocycles.